The van der Waals surface area contributed by atoms with Crippen LogP contribution in [-0.4, -0.2) is 68.4 Å². The summed E-state index contributed by atoms with van der Waals surface area (Å²) in [6.45, 7) is 8.73. The minimum absolute atomic E-state index is 0.348. The van der Waals surface area contributed by atoms with E-state index in [1.807, 2.05) is 54.6 Å². The third-order valence-corrected chi connectivity index (χ3v) is 9.89. The number of unbranched alkanes of at least 4 members (excludes halogenated alkanes) is 10. The molecule has 0 radical (unpaired) electrons. The molecule has 4 rings (SSSR count). The number of anilines is 2. The fourth-order valence-corrected chi connectivity index (χ4v) is 6.72. The average molecular weight is 769 g/mol. The summed E-state index contributed by atoms with van der Waals surface area (Å²) in [5.74, 6) is 2.26. The van der Waals surface area contributed by atoms with E-state index in [1.165, 1.54) is 96.6 Å². The molecule has 3 aromatic carbocycles. The number of nitrogens with zero attached hydrogens (tertiary/aromatic N) is 3. The first kappa shape index (κ1) is 43.9. The van der Waals surface area contributed by atoms with Crippen molar-refractivity contribution in [1.29, 1.82) is 0 Å². The van der Waals surface area contributed by atoms with Crippen molar-refractivity contribution in [3.63, 3.8) is 0 Å². The van der Waals surface area contributed by atoms with Crippen LogP contribution >= 0.6 is 0 Å². The van der Waals surface area contributed by atoms with Gasteiger partial charge in [0, 0.05) is 29.6 Å². The Morgan fingerprint density at radius 2 is 1.39 bits per heavy atom. The number of carbonyl (C=O) groups is 1. The molecule has 0 aliphatic carbocycles. The standard InChI is InChI=1S/C46H64N4O6/c1-6-8-10-12-14-19-28-50(29-20-15-13-11-9-7-2)30-21-31-55-42-32-38-39(33-41(42)52-3)47-35-48-46(38)49-44-37(25-27-43(51)53-4)24-26-40(45(44)54-5)56-34-36-22-17-16-18-23-36/h16-18,22-27,32-33,35H,6-15,19-21,28-31,34H2,1-5H3,(H,47,48,49)/b27-25+. The van der Waals surface area contributed by atoms with E-state index in [4.69, 9.17) is 23.7 Å². The molecule has 10 nitrogen and oxygen atoms in total. The molecule has 0 spiro atoms. The van der Waals surface area contributed by atoms with E-state index in [0.29, 0.717) is 58.8 Å². The SMILES string of the molecule is CCCCCCCCN(CCCCCCCC)CCCOc1cc2c(Nc3c(/C=C/C(=O)OC)ccc(OCc4ccccc4)c3OC)ncnc2cc1OC. The van der Waals surface area contributed by atoms with E-state index in [2.05, 4.69) is 34.0 Å². The lowest BCUT2D eigenvalue weighted by atomic mass is 10.1. The van der Waals surface area contributed by atoms with Crippen molar-refractivity contribution in [3.8, 4) is 23.0 Å². The van der Waals surface area contributed by atoms with E-state index in [9.17, 15) is 4.79 Å². The van der Waals surface area contributed by atoms with Crippen molar-refractivity contribution >= 4 is 34.5 Å². The maximum atomic E-state index is 12.1. The van der Waals surface area contributed by atoms with Crippen LogP contribution < -0.4 is 24.3 Å². The van der Waals surface area contributed by atoms with Crippen molar-refractivity contribution in [2.75, 3.05) is 52.9 Å². The van der Waals surface area contributed by atoms with Crippen LogP contribution in [0.1, 0.15) is 108 Å². The fourth-order valence-electron chi connectivity index (χ4n) is 6.72. The first-order chi connectivity index (χ1) is 27.5. The van der Waals surface area contributed by atoms with E-state index in [1.54, 1.807) is 20.3 Å². The fraction of sp³-hybridized carbons (Fsp3) is 0.500. The Labute approximate surface area is 335 Å². The van der Waals surface area contributed by atoms with Crippen LogP contribution in [0.2, 0.25) is 0 Å². The quantitative estimate of drug-likeness (QED) is 0.0341. The number of esters is 1. The summed E-state index contributed by atoms with van der Waals surface area (Å²) in [6, 6.07) is 17.4. The van der Waals surface area contributed by atoms with E-state index < -0.39 is 5.97 Å². The molecule has 0 unspecified atom stereocenters. The van der Waals surface area contributed by atoms with Gasteiger partial charge in [0.2, 0.25) is 0 Å². The third-order valence-electron chi connectivity index (χ3n) is 9.89. The number of methoxy groups -OCH3 is 3. The van der Waals surface area contributed by atoms with Gasteiger partial charge in [-0.05, 0) is 62.2 Å². The third kappa shape index (κ3) is 14.3. The second kappa shape index (κ2) is 25.4. The molecule has 0 atom stereocenters. The Bertz CT molecular complexity index is 1750. The van der Waals surface area contributed by atoms with Crippen LogP contribution in [0, 0.1) is 0 Å². The van der Waals surface area contributed by atoms with Gasteiger partial charge >= 0.3 is 5.97 Å². The number of ether oxygens (including phenoxy) is 5. The van der Waals surface area contributed by atoms with Crippen molar-refractivity contribution in [1.82, 2.24) is 14.9 Å². The highest BCUT2D eigenvalue weighted by molar-refractivity contribution is 5.96. The molecule has 1 N–H and O–H groups in total. The normalized spacial score (nSPS) is 11.3. The van der Waals surface area contributed by atoms with Crippen molar-refractivity contribution in [2.24, 2.45) is 0 Å². The maximum Gasteiger partial charge on any atom is 0.330 e. The smallest absolute Gasteiger partial charge is 0.330 e. The van der Waals surface area contributed by atoms with Gasteiger partial charge in [0.25, 0.3) is 0 Å². The summed E-state index contributed by atoms with van der Waals surface area (Å²) in [4.78, 5) is 23.9. The molecule has 1 aromatic heterocycles. The highest BCUT2D eigenvalue weighted by atomic mass is 16.5. The predicted molar refractivity (Wildman–Crippen MR) is 227 cm³/mol. The predicted octanol–water partition coefficient (Wildman–Crippen LogP) is 10.9. The van der Waals surface area contributed by atoms with E-state index in [0.717, 1.165) is 37.0 Å². The van der Waals surface area contributed by atoms with Gasteiger partial charge in [-0.1, -0.05) is 108 Å². The first-order valence-corrected chi connectivity index (χ1v) is 20.6. The molecular formula is C46H64N4O6. The van der Waals surface area contributed by atoms with E-state index >= 15 is 0 Å². The summed E-state index contributed by atoms with van der Waals surface area (Å²) in [5, 5.41) is 4.20. The molecule has 0 amide bonds. The Kier molecular flexibility index (Phi) is 19.9. The molecule has 10 heteroatoms. The molecule has 1 heterocycles. The Morgan fingerprint density at radius 3 is 2.05 bits per heavy atom. The minimum atomic E-state index is -0.478. The van der Waals surface area contributed by atoms with Gasteiger partial charge in [0.05, 0.1) is 39.1 Å². The molecule has 4 aromatic rings. The molecule has 0 saturated carbocycles. The highest BCUT2D eigenvalue weighted by Gasteiger charge is 2.19. The zero-order valence-corrected chi connectivity index (χ0v) is 34.4. The van der Waals surface area contributed by atoms with Crippen LogP contribution in [0.5, 0.6) is 23.0 Å². The van der Waals surface area contributed by atoms with Crippen molar-refractivity contribution in [3.05, 3.63) is 78.1 Å². The lowest BCUT2D eigenvalue weighted by molar-refractivity contribution is -0.134. The topological polar surface area (TPSA) is 104 Å². The summed E-state index contributed by atoms with van der Waals surface area (Å²) >= 11 is 0. The van der Waals surface area contributed by atoms with E-state index in [-0.39, 0.29) is 0 Å². The van der Waals surface area contributed by atoms with Crippen LogP contribution in [0.25, 0.3) is 17.0 Å². The van der Waals surface area contributed by atoms with Crippen molar-refractivity contribution < 1.29 is 28.5 Å². The summed E-state index contributed by atoms with van der Waals surface area (Å²) in [7, 11) is 4.57. The van der Waals surface area contributed by atoms with Gasteiger partial charge in [-0.25, -0.2) is 14.8 Å². The number of aromatic nitrogens is 2. The summed E-state index contributed by atoms with van der Waals surface area (Å²) < 4.78 is 29.2. The monoisotopic (exact) mass is 768 g/mol. The molecular weight excluding hydrogens is 705 g/mol. The van der Waals surface area contributed by atoms with Crippen LogP contribution in [0.4, 0.5) is 11.5 Å². The van der Waals surface area contributed by atoms with Crippen LogP contribution in [0.3, 0.4) is 0 Å². The molecule has 0 saturated heterocycles. The molecule has 0 bridgehead atoms. The highest BCUT2D eigenvalue weighted by Crippen LogP contribution is 2.42. The maximum absolute atomic E-state index is 12.1. The number of hydrogen-bond donors (Lipinski definition) is 1. The van der Waals surface area contributed by atoms with Crippen molar-refractivity contribution in [2.45, 2.75) is 104 Å². The molecule has 304 valence electrons. The second-order valence-corrected chi connectivity index (χ2v) is 14.1. The zero-order chi connectivity index (χ0) is 39.8. The molecule has 0 aliphatic heterocycles. The van der Waals surface area contributed by atoms with Gasteiger partial charge in [-0.2, -0.15) is 0 Å². The number of carbonyl (C=O) groups excluding carboxylic acids is 1. The second-order valence-electron chi connectivity index (χ2n) is 14.1. The largest absolute Gasteiger partial charge is 0.493 e. The summed E-state index contributed by atoms with van der Waals surface area (Å²) in [5.41, 5.74) is 2.93. The number of hydrogen-bond acceptors (Lipinski definition) is 10. The van der Waals surface area contributed by atoms with Gasteiger partial charge < -0.3 is 33.9 Å². The van der Waals surface area contributed by atoms with Crippen LogP contribution in [-0.2, 0) is 16.1 Å². The lowest BCUT2D eigenvalue weighted by Crippen LogP contribution is -2.28. The van der Waals surface area contributed by atoms with Crippen LogP contribution in [0.15, 0.2) is 67.0 Å². The average Bonchev–Trinajstić information content (AvgIpc) is 3.23. The van der Waals surface area contributed by atoms with Gasteiger partial charge in [-0.15, -0.1) is 0 Å². The number of benzene rings is 3. The first-order valence-electron chi connectivity index (χ1n) is 20.6. The molecule has 0 fully saturated rings. The Hall–Kier alpha value is -4.83. The van der Waals surface area contributed by atoms with Gasteiger partial charge in [0.15, 0.2) is 23.0 Å². The molecule has 0 aliphatic rings. The number of nitrogens with one attached hydrogen (secondary N) is 1. The minimum Gasteiger partial charge on any atom is -0.493 e. The Balaban J connectivity index is 1.52. The van der Waals surface area contributed by atoms with Gasteiger partial charge in [-0.3, -0.25) is 0 Å². The lowest BCUT2D eigenvalue weighted by Gasteiger charge is -2.23. The Morgan fingerprint density at radius 1 is 0.714 bits per heavy atom. The molecule has 56 heavy (non-hydrogen) atoms. The summed E-state index contributed by atoms with van der Waals surface area (Å²) in [6.07, 6.45) is 21.1. The van der Waals surface area contributed by atoms with Gasteiger partial charge in [0.1, 0.15) is 18.8 Å². The zero-order valence-electron chi connectivity index (χ0n) is 34.4. The number of rotatable bonds is 28. The number of fused-ring (bicyclic) bond motifs is 1.